The van der Waals surface area contributed by atoms with Crippen LogP contribution in [0.2, 0.25) is 0 Å². The highest BCUT2D eigenvalue weighted by atomic mass is 32.1. The van der Waals surface area contributed by atoms with Gasteiger partial charge in [-0.2, -0.15) is 4.98 Å². The fraction of sp³-hybridized carbons (Fsp3) is 0.600. The van der Waals surface area contributed by atoms with Crippen molar-refractivity contribution in [3.05, 3.63) is 11.4 Å². The number of aromatic nitrogens is 2. The molecule has 114 valence electrons. The first-order valence-corrected chi connectivity index (χ1v) is 8.55. The number of nitrogens with one attached hydrogen (secondary N) is 1. The molecular weight excluding hydrogens is 284 g/mol. The molecule has 6 heteroatoms. The van der Waals surface area contributed by atoms with Crippen molar-refractivity contribution in [3.8, 4) is 0 Å². The average molecular weight is 306 g/mol. The third-order valence-electron chi connectivity index (χ3n) is 3.73. The van der Waals surface area contributed by atoms with Gasteiger partial charge in [-0.3, -0.25) is 0 Å². The Bertz CT molecular complexity index is 600. The van der Waals surface area contributed by atoms with Crippen LogP contribution in [0, 0.1) is 0 Å². The lowest BCUT2D eigenvalue weighted by Crippen LogP contribution is -2.42. The summed E-state index contributed by atoms with van der Waals surface area (Å²) in [7, 11) is 0. The summed E-state index contributed by atoms with van der Waals surface area (Å²) in [6.07, 6.45) is 2.40. The number of hydrogen-bond donors (Lipinski definition) is 1. The molecule has 3 heterocycles. The summed E-state index contributed by atoms with van der Waals surface area (Å²) in [6, 6.07) is 2.12. The van der Waals surface area contributed by atoms with Gasteiger partial charge >= 0.3 is 0 Å². The fourth-order valence-electron chi connectivity index (χ4n) is 2.56. The van der Waals surface area contributed by atoms with Gasteiger partial charge in [0.05, 0.1) is 18.1 Å². The number of ether oxygens (including phenoxy) is 1. The number of nitrogens with zero attached hydrogens (tertiary/aromatic N) is 3. The van der Waals surface area contributed by atoms with E-state index in [1.807, 2.05) is 0 Å². The van der Waals surface area contributed by atoms with Crippen LogP contribution in [0.1, 0.15) is 26.7 Å². The van der Waals surface area contributed by atoms with Crippen molar-refractivity contribution in [2.45, 2.75) is 32.8 Å². The first-order valence-electron chi connectivity index (χ1n) is 7.67. The van der Waals surface area contributed by atoms with Gasteiger partial charge in [0.15, 0.2) is 0 Å². The van der Waals surface area contributed by atoms with E-state index in [0.29, 0.717) is 6.10 Å². The molecule has 1 aliphatic rings. The first kappa shape index (κ1) is 14.5. The topological polar surface area (TPSA) is 50.3 Å². The highest BCUT2D eigenvalue weighted by Gasteiger charge is 2.22. The molecule has 0 saturated carbocycles. The van der Waals surface area contributed by atoms with E-state index in [9.17, 15) is 0 Å². The quantitative estimate of drug-likeness (QED) is 0.919. The predicted octanol–water partition coefficient (Wildman–Crippen LogP) is 3.13. The summed E-state index contributed by atoms with van der Waals surface area (Å²) in [6.45, 7) is 7.79. The lowest BCUT2D eigenvalue weighted by atomic mass is 10.2. The third kappa shape index (κ3) is 3.11. The summed E-state index contributed by atoms with van der Waals surface area (Å²) in [5.74, 6) is 1.78. The Balaban J connectivity index is 1.93. The Kier molecular flexibility index (Phi) is 4.55. The lowest BCUT2D eigenvalue weighted by Gasteiger charge is -2.33. The normalized spacial score (nSPS) is 19.1. The molecular formula is C15H22N4OS. The molecule has 0 spiro atoms. The van der Waals surface area contributed by atoms with Gasteiger partial charge in [-0.1, -0.05) is 13.8 Å². The molecule has 0 aliphatic carbocycles. The minimum Gasteiger partial charge on any atom is -0.375 e. The van der Waals surface area contributed by atoms with Crippen LogP contribution in [0.15, 0.2) is 11.4 Å². The summed E-state index contributed by atoms with van der Waals surface area (Å²) >= 11 is 1.67. The maximum absolute atomic E-state index is 5.77. The van der Waals surface area contributed by atoms with Crippen LogP contribution < -0.4 is 10.2 Å². The Labute approximate surface area is 129 Å². The number of thiophene rings is 1. The van der Waals surface area contributed by atoms with E-state index >= 15 is 0 Å². The van der Waals surface area contributed by atoms with Crippen LogP contribution >= 0.6 is 11.3 Å². The van der Waals surface area contributed by atoms with Gasteiger partial charge in [0, 0.05) is 19.6 Å². The number of anilines is 2. The predicted molar refractivity (Wildman–Crippen MR) is 88.4 cm³/mol. The van der Waals surface area contributed by atoms with Crippen molar-refractivity contribution in [1.82, 2.24) is 9.97 Å². The number of hydrogen-bond acceptors (Lipinski definition) is 6. The molecule has 0 aromatic carbocycles. The van der Waals surface area contributed by atoms with Gasteiger partial charge < -0.3 is 15.0 Å². The Morgan fingerprint density at radius 1 is 1.43 bits per heavy atom. The molecule has 1 fully saturated rings. The second kappa shape index (κ2) is 6.58. The van der Waals surface area contributed by atoms with E-state index in [0.717, 1.165) is 61.1 Å². The van der Waals surface area contributed by atoms with Crippen molar-refractivity contribution < 1.29 is 4.74 Å². The molecule has 1 N–H and O–H groups in total. The maximum Gasteiger partial charge on any atom is 0.226 e. The Morgan fingerprint density at radius 3 is 3.14 bits per heavy atom. The third-order valence-corrected chi connectivity index (χ3v) is 4.54. The fourth-order valence-corrected chi connectivity index (χ4v) is 3.31. The summed E-state index contributed by atoms with van der Waals surface area (Å²) in [5.41, 5.74) is 0. The van der Waals surface area contributed by atoms with Crippen molar-refractivity contribution in [1.29, 1.82) is 0 Å². The largest absolute Gasteiger partial charge is 0.375 e. The molecule has 0 bridgehead atoms. The second-order valence-corrected chi connectivity index (χ2v) is 6.18. The van der Waals surface area contributed by atoms with Crippen molar-refractivity contribution in [3.63, 3.8) is 0 Å². The number of morpholine rings is 1. The van der Waals surface area contributed by atoms with Gasteiger partial charge in [0.2, 0.25) is 5.95 Å². The van der Waals surface area contributed by atoms with Gasteiger partial charge in [0.1, 0.15) is 10.6 Å². The van der Waals surface area contributed by atoms with E-state index < -0.39 is 0 Å². The van der Waals surface area contributed by atoms with Gasteiger partial charge in [0.25, 0.3) is 0 Å². The van der Waals surface area contributed by atoms with Crippen LogP contribution in [0.25, 0.3) is 10.2 Å². The van der Waals surface area contributed by atoms with Crippen LogP contribution in [-0.2, 0) is 4.74 Å². The first-order chi connectivity index (χ1) is 10.3. The molecule has 3 rings (SSSR count). The zero-order chi connectivity index (χ0) is 14.7. The summed E-state index contributed by atoms with van der Waals surface area (Å²) in [5, 5.41) is 6.55. The molecule has 2 aromatic heterocycles. The second-order valence-electron chi connectivity index (χ2n) is 5.28. The van der Waals surface area contributed by atoms with E-state index in [2.05, 4.69) is 40.5 Å². The zero-order valence-corrected chi connectivity index (χ0v) is 13.4. The van der Waals surface area contributed by atoms with Crippen LogP contribution in [0.4, 0.5) is 11.8 Å². The summed E-state index contributed by atoms with van der Waals surface area (Å²) in [4.78, 5) is 12.8. The zero-order valence-electron chi connectivity index (χ0n) is 12.6. The number of fused-ring (bicyclic) bond motifs is 1. The molecule has 5 nitrogen and oxygen atoms in total. The van der Waals surface area contributed by atoms with Gasteiger partial charge in [-0.15, -0.1) is 11.3 Å². The van der Waals surface area contributed by atoms with E-state index in [1.54, 1.807) is 11.3 Å². The monoisotopic (exact) mass is 306 g/mol. The molecule has 0 amide bonds. The smallest absolute Gasteiger partial charge is 0.226 e. The molecule has 21 heavy (non-hydrogen) atoms. The van der Waals surface area contributed by atoms with Crippen molar-refractivity contribution >= 4 is 33.3 Å². The highest BCUT2D eigenvalue weighted by Crippen LogP contribution is 2.30. The molecule has 1 aliphatic heterocycles. The van der Waals surface area contributed by atoms with Crippen molar-refractivity contribution in [2.75, 3.05) is 36.5 Å². The molecule has 2 aromatic rings. The lowest BCUT2D eigenvalue weighted by molar-refractivity contribution is 0.0383. The molecule has 1 saturated heterocycles. The minimum atomic E-state index is 0.300. The molecule has 0 radical (unpaired) electrons. The van der Waals surface area contributed by atoms with Crippen LogP contribution in [-0.4, -0.2) is 42.3 Å². The Hall–Kier alpha value is -1.40. The highest BCUT2D eigenvalue weighted by molar-refractivity contribution is 7.16. The number of rotatable bonds is 5. The van der Waals surface area contributed by atoms with Crippen LogP contribution in [0.3, 0.4) is 0 Å². The molecule has 1 atom stereocenters. The van der Waals surface area contributed by atoms with Crippen LogP contribution in [0.5, 0.6) is 0 Å². The minimum absolute atomic E-state index is 0.300. The van der Waals surface area contributed by atoms with E-state index in [-0.39, 0.29) is 0 Å². The molecule has 1 unspecified atom stereocenters. The maximum atomic E-state index is 5.77. The average Bonchev–Trinajstić information content (AvgIpc) is 3.00. The standard InChI is InChI=1S/C15H22N4OS/c1-3-6-16-15-17-13(12-5-9-21-14(12)18-15)19-7-8-20-11(4-2)10-19/h5,9,11H,3-4,6-8,10H2,1-2H3,(H,16,17,18). The van der Waals surface area contributed by atoms with Crippen molar-refractivity contribution in [2.24, 2.45) is 0 Å². The van der Waals surface area contributed by atoms with E-state index in [1.165, 1.54) is 0 Å². The SMILES string of the molecule is CCCNc1nc(N2CCOC(CC)C2)c2ccsc2n1. The van der Waals surface area contributed by atoms with Gasteiger partial charge in [-0.05, 0) is 24.3 Å². The summed E-state index contributed by atoms with van der Waals surface area (Å²) < 4.78 is 5.77. The van der Waals surface area contributed by atoms with Gasteiger partial charge in [-0.25, -0.2) is 4.98 Å². The van der Waals surface area contributed by atoms with E-state index in [4.69, 9.17) is 9.72 Å². The Morgan fingerprint density at radius 2 is 2.33 bits per heavy atom.